The van der Waals surface area contributed by atoms with Crippen molar-refractivity contribution in [2.24, 2.45) is 0 Å². The molecule has 0 saturated carbocycles. The highest BCUT2D eigenvalue weighted by molar-refractivity contribution is 6.76. The largest absolute Gasteiger partial charge is 0.465 e. The second-order valence-electron chi connectivity index (χ2n) is 4.21. The van der Waals surface area contributed by atoms with Crippen LogP contribution in [0.25, 0.3) is 0 Å². The van der Waals surface area contributed by atoms with E-state index >= 15 is 0 Å². The molecule has 0 radical (unpaired) electrons. The van der Waals surface area contributed by atoms with Crippen molar-refractivity contribution in [2.45, 2.75) is 29.5 Å². The van der Waals surface area contributed by atoms with Crippen molar-refractivity contribution in [3.05, 3.63) is 0 Å². The minimum absolute atomic E-state index is 0.0945. The van der Waals surface area contributed by atoms with E-state index in [0.717, 1.165) is 6.04 Å². The highest BCUT2D eigenvalue weighted by atomic mass is 35.6. The Morgan fingerprint density at radius 2 is 1.80 bits per heavy atom. The number of nitrogens with one attached hydrogen (secondary N) is 1. The van der Waals surface area contributed by atoms with Crippen LogP contribution < -0.4 is 0 Å². The first-order valence-electron chi connectivity index (χ1n) is 4.37. The van der Waals surface area contributed by atoms with Gasteiger partial charge in [-0.05, 0) is 0 Å². The van der Waals surface area contributed by atoms with E-state index in [9.17, 15) is 0 Å². The van der Waals surface area contributed by atoms with Crippen molar-refractivity contribution in [2.75, 3.05) is 6.61 Å². The van der Waals surface area contributed by atoms with Crippen molar-refractivity contribution in [1.29, 1.82) is 5.41 Å². The zero-order valence-corrected chi connectivity index (χ0v) is 12.2. The van der Waals surface area contributed by atoms with Crippen molar-refractivity contribution < 1.29 is 4.74 Å². The Kier molecular flexibility index (Phi) is 6.05. The van der Waals surface area contributed by atoms with E-state index in [1.807, 2.05) is 0 Å². The van der Waals surface area contributed by atoms with Gasteiger partial charge in [0, 0.05) is 6.04 Å². The van der Waals surface area contributed by atoms with Crippen LogP contribution in [-0.2, 0) is 4.74 Å². The van der Waals surface area contributed by atoms with Crippen LogP contribution in [0.2, 0.25) is 25.7 Å². The van der Waals surface area contributed by atoms with Gasteiger partial charge in [0.1, 0.15) is 0 Å². The number of hydrogen-bond acceptors (Lipinski definition) is 2. The number of hydrogen-bond donors (Lipinski definition) is 1. The lowest BCUT2D eigenvalue weighted by molar-refractivity contribution is 0.347. The van der Waals surface area contributed by atoms with Crippen LogP contribution >= 0.6 is 34.8 Å². The normalized spacial score (nSPS) is 11.6. The molecule has 0 aliphatic rings. The third-order valence-corrected chi connectivity index (χ3v) is 3.04. The summed E-state index contributed by atoms with van der Waals surface area (Å²) in [5.74, 6) is 5.39. The standard InChI is InChI=1S/C9H14Cl3NOSi/c1-15(2,3)7-5-4-6-14-8(13)9(10,11)12/h13H,6-7H2,1-3H3. The quantitative estimate of drug-likeness (QED) is 0.271. The van der Waals surface area contributed by atoms with Crippen LogP contribution in [0.4, 0.5) is 0 Å². The third-order valence-electron chi connectivity index (χ3n) is 1.29. The fourth-order valence-corrected chi connectivity index (χ4v) is 1.39. The zero-order chi connectivity index (χ0) is 12.1. The van der Waals surface area contributed by atoms with Gasteiger partial charge in [0.15, 0.2) is 6.61 Å². The summed E-state index contributed by atoms with van der Waals surface area (Å²) in [7, 11) is -1.13. The average molecular weight is 287 g/mol. The Hall–Kier alpha value is 0.117. The summed E-state index contributed by atoms with van der Waals surface area (Å²) in [5, 5.41) is 7.22. The predicted molar refractivity (Wildman–Crippen MR) is 69.9 cm³/mol. The van der Waals surface area contributed by atoms with Gasteiger partial charge in [0.25, 0.3) is 3.79 Å². The summed E-state index contributed by atoms with van der Waals surface area (Å²) < 4.78 is 3.06. The van der Waals surface area contributed by atoms with E-state index in [-0.39, 0.29) is 6.61 Å². The van der Waals surface area contributed by atoms with Crippen LogP contribution in [0, 0.1) is 17.3 Å². The van der Waals surface area contributed by atoms with Crippen LogP contribution in [-0.4, -0.2) is 24.4 Å². The van der Waals surface area contributed by atoms with Gasteiger partial charge >= 0.3 is 0 Å². The van der Waals surface area contributed by atoms with Crippen LogP contribution in [0.1, 0.15) is 0 Å². The van der Waals surface area contributed by atoms with Gasteiger partial charge in [-0.3, -0.25) is 5.41 Å². The molecule has 0 unspecified atom stereocenters. The maximum atomic E-state index is 7.22. The molecule has 0 heterocycles. The van der Waals surface area contributed by atoms with Crippen molar-refractivity contribution in [3.8, 4) is 11.8 Å². The van der Waals surface area contributed by atoms with E-state index < -0.39 is 17.8 Å². The van der Waals surface area contributed by atoms with Crippen LogP contribution in [0.3, 0.4) is 0 Å². The summed E-state index contributed by atoms with van der Waals surface area (Å²) in [6, 6.07) is 0.900. The number of ether oxygens (including phenoxy) is 1. The summed E-state index contributed by atoms with van der Waals surface area (Å²) in [6.07, 6.45) is 0. The number of alkyl halides is 3. The van der Waals surface area contributed by atoms with Gasteiger partial charge in [-0.2, -0.15) is 0 Å². The van der Waals surface area contributed by atoms with E-state index in [1.54, 1.807) is 0 Å². The van der Waals surface area contributed by atoms with Gasteiger partial charge in [-0.25, -0.2) is 0 Å². The lowest BCUT2D eigenvalue weighted by atomic mass is 10.6. The zero-order valence-electron chi connectivity index (χ0n) is 8.96. The molecule has 0 aromatic carbocycles. The van der Waals surface area contributed by atoms with E-state index in [1.165, 1.54) is 0 Å². The Labute approximate surface area is 107 Å². The lowest BCUT2D eigenvalue weighted by Crippen LogP contribution is -2.21. The van der Waals surface area contributed by atoms with Gasteiger partial charge in [0.2, 0.25) is 5.90 Å². The maximum Gasteiger partial charge on any atom is 0.265 e. The second-order valence-corrected chi connectivity index (χ2v) is 12.0. The second kappa shape index (κ2) is 6.00. The average Bonchev–Trinajstić information content (AvgIpc) is 1.99. The first kappa shape index (κ1) is 15.1. The first-order chi connectivity index (χ1) is 6.63. The fraction of sp³-hybridized carbons (Fsp3) is 0.667. The Morgan fingerprint density at radius 1 is 1.27 bits per heavy atom. The minimum Gasteiger partial charge on any atom is -0.465 e. The first-order valence-corrected chi connectivity index (χ1v) is 9.21. The molecule has 0 bridgehead atoms. The molecule has 0 aliphatic carbocycles. The SMILES string of the molecule is C[Si](C)(C)CC#CCOC(=N)C(Cl)(Cl)Cl. The van der Waals surface area contributed by atoms with Crippen LogP contribution in [0.5, 0.6) is 0 Å². The van der Waals surface area contributed by atoms with Gasteiger partial charge in [-0.15, -0.1) is 5.92 Å². The summed E-state index contributed by atoms with van der Waals surface area (Å²) in [6.45, 7) is 6.78. The molecule has 0 rings (SSSR count). The fourth-order valence-electron chi connectivity index (χ4n) is 0.569. The smallest absolute Gasteiger partial charge is 0.265 e. The highest BCUT2D eigenvalue weighted by Crippen LogP contribution is 2.27. The summed E-state index contributed by atoms with van der Waals surface area (Å²) in [5.41, 5.74) is 0. The molecule has 0 aromatic rings. The van der Waals surface area contributed by atoms with Gasteiger partial charge < -0.3 is 4.74 Å². The molecule has 0 saturated heterocycles. The molecule has 0 spiro atoms. The maximum absolute atomic E-state index is 7.22. The molecular weight excluding hydrogens is 273 g/mol. The summed E-state index contributed by atoms with van der Waals surface area (Å²) in [4.78, 5) is 0. The lowest BCUT2D eigenvalue weighted by Gasteiger charge is -2.11. The molecule has 0 atom stereocenters. The van der Waals surface area contributed by atoms with Crippen molar-refractivity contribution in [1.82, 2.24) is 0 Å². The number of rotatable bonds is 2. The Morgan fingerprint density at radius 3 is 2.20 bits per heavy atom. The van der Waals surface area contributed by atoms with Crippen LogP contribution in [0.15, 0.2) is 0 Å². The molecular formula is C9H14Cl3NOSi. The molecule has 15 heavy (non-hydrogen) atoms. The predicted octanol–water partition coefficient (Wildman–Crippen LogP) is 3.69. The van der Waals surface area contributed by atoms with Gasteiger partial charge in [0.05, 0.1) is 8.07 Å². The molecule has 0 aromatic heterocycles. The Balaban J connectivity index is 3.86. The molecule has 6 heteroatoms. The van der Waals surface area contributed by atoms with Crippen molar-refractivity contribution in [3.63, 3.8) is 0 Å². The Bertz CT molecular complexity index is 282. The summed E-state index contributed by atoms with van der Waals surface area (Å²) >= 11 is 16.2. The van der Waals surface area contributed by atoms with Crippen molar-refractivity contribution >= 4 is 48.8 Å². The van der Waals surface area contributed by atoms with E-state index in [4.69, 9.17) is 44.9 Å². The van der Waals surface area contributed by atoms with E-state index in [2.05, 4.69) is 31.5 Å². The minimum atomic E-state index is -1.79. The molecule has 0 amide bonds. The molecule has 2 nitrogen and oxygen atoms in total. The molecule has 0 aliphatic heterocycles. The van der Waals surface area contributed by atoms with Gasteiger partial charge in [-0.1, -0.05) is 60.4 Å². The third kappa shape index (κ3) is 9.07. The monoisotopic (exact) mass is 285 g/mol. The molecule has 0 fully saturated rings. The molecule has 86 valence electrons. The number of halogens is 3. The highest BCUT2D eigenvalue weighted by Gasteiger charge is 2.28. The molecule has 1 N–H and O–H groups in total. The van der Waals surface area contributed by atoms with E-state index in [0.29, 0.717) is 0 Å². The topological polar surface area (TPSA) is 33.1 Å².